The summed E-state index contributed by atoms with van der Waals surface area (Å²) in [5, 5.41) is 13.5. The van der Waals surface area contributed by atoms with Crippen LogP contribution in [0, 0.1) is 11.3 Å². The lowest BCUT2D eigenvalue weighted by Crippen LogP contribution is -2.19. The van der Waals surface area contributed by atoms with Crippen LogP contribution in [-0.4, -0.2) is 32.5 Å². The monoisotopic (exact) mass is 448 g/mol. The number of hydrogen-bond donors (Lipinski definition) is 3. The number of rotatable bonds is 4. The van der Waals surface area contributed by atoms with Crippen LogP contribution in [0.3, 0.4) is 0 Å². The topological polar surface area (TPSA) is 119 Å². The Hall–Kier alpha value is -4.90. The molecule has 4 aromatic heterocycles. The van der Waals surface area contributed by atoms with Crippen LogP contribution in [0.5, 0.6) is 0 Å². The molecule has 1 aromatic carbocycles. The minimum absolute atomic E-state index is 0.0337. The Balaban J connectivity index is 1.64. The molecule has 0 saturated heterocycles. The van der Waals surface area contributed by atoms with Crippen molar-refractivity contribution < 1.29 is 4.79 Å². The standard InChI is InChI=1S/C26H20N6O2/c1-28-25(33)17(11-27)9-15-4-3-5-16(8-15)18-10-20-21(13-31-24(20)30-12-18)22-14-32(2)26(34)23-19(22)6-7-29-23/h3-10,12-14,29H,1-2H3,(H,28,33)(H,30,31)/b17-9+. The fourth-order valence-electron chi connectivity index (χ4n) is 4.13. The minimum atomic E-state index is -0.429. The number of pyridine rings is 2. The average Bonchev–Trinajstić information content (AvgIpc) is 3.52. The van der Waals surface area contributed by atoms with Crippen LogP contribution in [0.25, 0.3) is 50.3 Å². The van der Waals surface area contributed by atoms with Gasteiger partial charge in [0.2, 0.25) is 0 Å². The number of likely N-dealkylation sites (N-methyl/N-ethyl adjacent to an activating group) is 1. The molecule has 166 valence electrons. The molecular formula is C26H20N6O2. The fraction of sp³-hybridized carbons (Fsp3) is 0.0769. The number of benzene rings is 1. The number of aromatic nitrogens is 4. The number of aromatic amines is 2. The van der Waals surface area contributed by atoms with Crippen molar-refractivity contribution in [2.75, 3.05) is 7.05 Å². The van der Waals surface area contributed by atoms with Crippen molar-refractivity contribution in [2.24, 2.45) is 7.05 Å². The van der Waals surface area contributed by atoms with Gasteiger partial charge in [-0.3, -0.25) is 9.59 Å². The van der Waals surface area contributed by atoms with Crippen LogP contribution < -0.4 is 10.9 Å². The number of amides is 1. The Bertz CT molecular complexity index is 1710. The summed E-state index contributed by atoms with van der Waals surface area (Å²) in [6, 6.07) is 13.5. The Labute approximate surface area is 194 Å². The van der Waals surface area contributed by atoms with Crippen molar-refractivity contribution in [3.05, 3.63) is 82.7 Å². The van der Waals surface area contributed by atoms with E-state index in [1.807, 2.05) is 54.9 Å². The summed E-state index contributed by atoms with van der Waals surface area (Å²) >= 11 is 0. The second kappa shape index (κ2) is 8.22. The van der Waals surface area contributed by atoms with Gasteiger partial charge < -0.3 is 19.9 Å². The summed E-state index contributed by atoms with van der Waals surface area (Å²) in [6.07, 6.45) is 8.84. The SMILES string of the molecule is CNC(=O)/C(C#N)=C/c1cccc(-c2cnc3[nH]cc(-c4cn(C)c(=O)c5[nH]ccc45)c3c2)c1. The highest BCUT2D eigenvalue weighted by molar-refractivity contribution is 6.04. The van der Waals surface area contributed by atoms with Gasteiger partial charge in [-0.1, -0.05) is 18.2 Å². The first kappa shape index (κ1) is 21.0. The summed E-state index contributed by atoms with van der Waals surface area (Å²) in [6.45, 7) is 0. The first-order valence-electron chi connectivity index (χ1n) is 10.6. The lowest BCUT2D eigenvalue weighted by Gasteiger charge is -2.07. The van der Waals surface area contributed by atoms with Crippen molar-refractivity contribution in [3.63, 3.8) is 0 Å². The third kappa shape index (κ3) is 3.45. The van der Waals surface area contributed by atoms with Crippen LogP contribution in [0.15, 0.2) is 71.6 Å². The molecule has 0 bridgehead atoms. The zero-order valence-corrected chi connectivity index (χ0v) is 18.5. The zero-order chi connectivity index (χ0) is 23.8. The molecule has 3 N–H and O–H groups in total. The lowest BCUT2D eigenvalue weighted by atomic mass is 10.00. The number of nitrogens with one attached hydrogen (secondary N) is 3. The molecule has 0 fully saturated rings. The van der Waals surface area contributed by atoms with E-state index in [2.05, 4.69) is 20.3 Å². The van der Waals surface area contributed by atoms with Gasteiger partial charge in [-0.05, 0) is 35.4 Å². The molecule has 0 saturated carbocycles. The van der Waals surface area contributed by atoms with Crippen LogP contribution in [0.2, 0.25) is 0 Å². The van der Waals surface area contributed by atoms with E-state index in [-0.39, 0.29) is 11.1 Å². The van der Waals surface area contributed by atoms with E-state index >= 15 is 0 Å². The molecule has 5 rings (SSSR count). The molecule has 8 heteroatoms. The third-order valence-electron chi connectivity index (χ3n) is 5.84. The number of fused-ring (bicyclic) bond motifs is 2. The number of carbonyl (C=O) groups excluding carboxylic acids is 1. The predicted molar refractivity (Wildman–Crippen MR) is 132 cm³/mol. The predicted octanol–water partition coefficient (Wildman–Crippen LogP) is 3.73. The van der Waals surface area contributed by atoms with Crippen LogP contribution in [-0.2, 0) is 11.8 Å². The molecule has 0 aliphatic rings. The van der Waals surface area contributed by atoms with Gasteiger partial charge in [-0.25, -0.2) is 4.98 Å². The highest BCUT2D eigenvalue weighted by Gasteiger charge is 2.15. The first-order chi connectivity index (χ1) is 16.5. The maximum atomic E-state index is 12.5. The van der Waals surface area contributed by atoms with Crippen molar-refractivity contribution in [1.29, 1.82) is 5.26 Å². The van der Waals surface area contributed by atoms with E-state index in [9.17, 15) is 14.9 Å². The molecule has 0 aliphatic heterocycles. The number of nitriles is 1. The number of nitrogens with zero attached hydrogens (tertiary/aromatic N) is 3. The zero-order valence-electron chi connectivity index (χ0n) is 18.5. The van der Waals surface area contributed by atoms with Crippen LogP contribution in [0.4, 0.5) is 0 Å². The van der Waals surface area contributed by atoms with Gasteiger partial charge in [0, 0.05) is 66.3 Å². The Morgan fingerprint density at radius 1 is 1.15 bits per heavy atom. The number of hydrogen-bond acceptors (Lipinski definition) is 4. The minimum Gasteiger partial charge on any atom is -0.357 e. The van der Waals surface area contributed by atoms with E-state index < -0.39 is 5.91 Å². The van der Waals surface area contributed by atoms with Crippen LogP contribution >= 0.6 is 0 Å². The Kier molecular flexibility index (Phi) is 5.07. The largest absolute Gasteiger partial charge is 0.357 e. The molecule has 34 heavy (non-hydrogen) atoms. The van der Waals surface area contributed by atoms with Crippen LogP contribution in [0.1, 0.15) is 5.56 Å². The van der Waals surface area contributed by atoms with E-state index in [0.717, 1.165) is 44.2 Å². The van der Waals surface area contributed by atoms with Crippen molar-refractivity contribution >= 4 is 33.9 Å². The number of H-pyrrole nitrogens is 2. The summed E-state index contributed by atoms with van der Waals surface area (Å²) in [7, 11) is 3.23. The van der Waals surface area contributed by atoms with Gasteiger partial charge >= 0.3 is 0 Å². The average molecular weight is 448 g/mol. The summed E-state index contributed by atoms with van der Waals surface area (Å²) < 4.78 is 1.57. The molecule has 5 aromatic rings. The lowest BCUT2D eigenvalue weighted by molar-refractivity contribution is -0.116. The Morgan fingerprint density at radius 2 is 2.00 bits per heavy atom. The van der Waals surface area contributed by atoms with E-state index in [1.165, 1.54) is 7.05 Å². The van der Waals surface area contributed by atoms with Gasteiger partial charge in [0.05, 0.1) is 0 Å². The van der Waals surface area contributed by atoms with Gasteiger partial charge in [0.1, 0.15) is 22.8 Å². The third-order valence-corrected chi connectivity index (χ3v) is 5.84. The van der Waals surface area contributed by atoms with Gasteiger partial charge in [0.15, 0.2) is 0 Å². The quantitative estimate of drug-likeness (QED) is 0.287. The molecule has 0 radical (unpaired) electrons. The number of aryl methyl sites for hydroxylation is 1. The molecule has 0 unspecified atom stereocenters. The van der Waals surface area contributed by atoms with E-state index in [4.69, 9.17) is 0 Å². The van der Waals surface area contributed by atoms with Crippen molar-refractivity contribution in [3.8, 4) is 28.3 Å². The second-order valence-corrected chi connectivity index (χ2v) is 7.92. The van der Waals surface area contributed by atoms with Gasteiger partial charge in [-0.15, -0.1) is 0 Å². The summed E-state index contributed by atoms with van der Waals surface area (Å²) in [5.74, 6) is -0.429. The molecule has 4 heterocycles. The normalized spacial score (nSPS) is 11.6. The second-order valence-electron chi connectivity index (χ2n) is 7.92. The molecule has 1 amide bonds. The van der Waals surface area contributed by atoms with Gasteiger partial charge in [0.25, 0.3) is 11.5 Å². The van der Waals surface area contributed by atoms with Gasteiger partial charge in [-0.2, -0.15) is 5.26 Å². The van der Waals surface area contributed by atoms with E-state index in [1.54, 1.807) is 30.1 Å². The highest BCUT2D eigenvalue weighted by atomic mass is 16.1. The molecule has 8 nitrogen and oxygen atoms in total. The first-order valence-corrected chi connectivity index (χ1v) is 10.6. The maximum Gasteiger partial charge on any atom is 0.274 e. The molecule has 0 aliphatic carbocycles. The summed E-state index contributed by atoms with van der Waals surface area (Å²) in [5.41, 5.74) is 5.62. The van der Waals surface area contributed by atoms with Crippen molar-refractivity contribution in [1.82, 2.24) is 24.8 Å². The smallest absolute Gasteiger partial charge is 0.274 e. The Morgan fingerprint density at radius 3 is 2.79 bits per heavy atom. The maximum absolute atomic E-state index is 12.5. The fourth-order valence-corrected chi connectivity index (χ4v) is 4.13. The number of carbonyl (C=O) groups is 1. The molecule has 0 atom stereocenters. The molecule has 0 spiro atoms. The molecular weight excluding hydrogens is 428 g/mol. The van der Waals surface area contributed by atoms with E-state index in [0.29, 0.717) is 5.52 Å². The van der Waals surface area contributed by atoms with Crippen molar-refractivity contribution in [2.45, 2.75) is 0 Å². The highest BCUT2D eigenvalue weighted by Crippen LogP contribution is 2.34. The summed E-state index contributed by atoms with van der Waals surface area (Å²) in [4.78, 5) is 35.2.